The lowest BCUT2D eigenvalue weighted by Gasteiger charge is -2.47. The number of hydrogen-bond acceptors (Lipinski definition) is 4. The first-order valence-electron chi connectivity index (χ1n) is 6.72. The maximum Gasteiger partial charge on any atom is 0.410 e. The average Bonchev–Trinajstić information content (AvgIpc) is 2.97. The highest BCUT2D eigenvalue weighted by atomic mass is 16.6. The number of nitrogens with zero attached hydrogens (tertiary/aromatic N) is 1. The predicted molar refractivity (Wildman–Crippen MR) is 64.4 cm³/mol. The van der Waals surface area contributed by atoms with E-state index in [1.54, 1.807) is 4.90 Å². The van der Waals surface area contributed by atoms with Crippen LogP contribution in [0.4, 0.5) is 4.79 Å². The molecule has 1 atom stereocenters. The van der Waals surface area contributed by atoms with Gasteiger partial charge in [0.1, 0.15) is 11.7 Å². The standard InChI is InChI=1S/C13H21NO4/c1-12(2)7-14(11(15)17-10-3-4-10)8-13(18-12)5-6-16-9-13/h10H,3-9H2,1-2H3. The highest BCUT2D eigenvalue weighted by Crippen LogP contribution is 2.35. The number of morpholine rings is 1. The van der Waals surface area contributed by atoms with E-state index in [1.165, 1.54) is 0 Å². The fraction of sp³-hybridized carbons (Fsp3) is 0.923. The maximum absolute atomic E-state index is 12.1. The van der Waals surface area contributed by atoms with E-state index in [2.05, 4.69) is 0 Å². The molecule has 18 heavy (non-hydrogen) atoms. The van der Waals surface area contributed by atoms with Crippen LogP contribution in [0, 0.1) is 0 Å². The Morgan fingerprint density at radius 2 is 2.11 bits per heavy atom. The Balaban J connectivity index is 1.71. The smallest absolute Gasteiger partial charge is 0.410 e. The fourth-order valence-electron chi connectivity index (χ4n) is 2.84. The molecular formula is C13H21NO4. The quantitative estimate of drug-likeness (QED) is 0.713. The van der Waals surface area contributed by atoms with Crippen molar-refractivity contribution in [3.8, 4) is 0 Å². The lowest BCUT2D eigenvalue weighted by Crippen LogP contribution is -2.61. The van der Waals surface area contributed by atoms with Gasteiger partial charge in [-0.05, 0) is 26.7 Å². The van der Waals surface area contributed by atoms with Crippen molar-refractivity contribution in [1.29, 1.82) is 0 Å². The van der Waals surface area contributed by atoms with Crippen molar-refractivity contribution in [2.45, 2.75) is 50.4 Å². The summed E-state index contributed by atoms with van der Waals surface area (Å²) in [5.41, 5.74) is -0.668. The van der Waals surface area contributed by atoms with Crippen molar-refractivity contribution in [3.63, 3.8) is 0 Å². The van der Waals surface area contributed by atoms with Crippen LogP contribution in [0.1, 0.15) is 33.1 Å². The van der Waals surface area contributed by atoms with E-state index in [0.717, 1.165) is 19.3 Å². The lowest BCUT2D eigenvalue weighted by molar-refractivity contribution is -0.189. The van der Waals surface area contributed by atoms with Gasteiger partial charge in [0.2, 0.25) is 0 Å². The zero-order valence-electron chi connectivity index (χ0n) is 11.1. The number of hydrogen-bond donors (Lipinski definition) is 0. The van der Waals surface area contributed by atoms with Crippen LogP contribution in [0.5, 0.6) is 0 Å². The number of ether oxygens (including phenoxy) is 3. The molecule has 0 aromatic rings. The minimum absolute atomic E-state index is 0.152. The molecule has 5 heteroatoms. The molecule has 1 aliphatic carbocycles. The molecule has 2 saturated heterocycles. The first kappa shape index (κ1) is 12.2. The van der Waals surface area contributed by atoms with Crippen LogP contribution in [0.25, 0.3) is 0 Å². The monoisotopic (exact) mass is 255 g/mol. The Hall–Kier alpha value is -0.810. The molecule has 102 valence electrons. The molecule has 0 N–H and O–H groups in total. The topological polar surface area (TPSA) is 48.0 Å². The molecule has 1 amide bonds. The minimum atomic E-state index is -0.339. The third-order valence-corrected chi connectivity index (χ3v) is 3.66. The number of rotatable bonds is 1. The first-order valence-corrected chi connectivity index (χ1v) is 6.72. The number of amides is 1. The number of carbonyl (C=O) groups is 1. The van der Waals surface area contributed by atoms with Gasteiger partial charge in [-0.3, -0.25) is 0 Å². The van der Waals surface area contributed by atoms with E-state index in [1.807, 2.05) is 13.8 Å². The second-order valence-electron chi connectivity index (χ2n) is 6.29. The van der Waals surface area contributed by atoms with E-state index in [-0.39, 0.29) is 23.4 Å². The summed E-state index contributed by atoms with van der Waals surface area (Å²) in [5.74, 6) is 0. The van der Waals surface area contributed by atoms with Crippen LogP contribution >= 0.6 is 0 Å². The molecule has 0 aromatic carbocycles. The highest BCUT2D eigenvalue weighted by molar-refractivity contribution is 5.68. The van der Waals surface area contributed by atoms with Gasteiger partial charge in [-0.15, -0.1) is 0 Å². The van der Waals surface area contributed by atoms with Crippen molar-refractivity contribution in [2.75, 3.05) is 26.3 Å². The Labute approximate surface area is 107 Å². The van der Waals surface area contributed by atoms with Gasteiger partial charge in [0, 0.05) is 13.0 Å². The summed E-state index contributed by atoms with van der Waals surface area (Å²) in [6, 6.07) is 0. The van der Waals surface area contributed by atoms with Crippen LogP contribution < -0.4 is 0 Å². The summed E-state index contributed by atoms with van der Waals surface area (Å²) in [5, 5.41) is 0. The second kappa shape index (κ2) is 4.10. The van der Waals surface area contributed by atoms with Gasteiger partial charge in [0.05, 0.1) is 25.3 Å². The summed E-state index contributed by atoms with van der Waals surface area (Å²) in [4.78, 5) is 13.9. The third-order valence-electron chi connectivity index (χ3n) is 3.66. The molecule has 3 fully saturated rings. The van der Waals surface area contributed by atoms with Crippen molar-refractivity contribution in [1.82, 2.24) is 4.90 Å². The van der Waals surface area contributed by atoms with Gasteiger partial charge in [0.25, 0.3) is 0 Å². The summed E-state index contributed by atoms with van der Waals surface area (Å²) < 4.78 is 17.0. The van der Waals surface area contributed by atoms with Gasteiger partial charge in [-0.1, -0.05) is 0 Å². The zero-order valence-corrected chi connectivity index (χ0v) is 11.1. The van der Waals surface area contributed by atoms with E-state index < -0.39 is 0 Å². The molecule has 1 unspecified atom stereocenters. The van der Waals surface area contributed by atoms with Crippen molar-refractivity contribution >= 4 is 6.09 Å². The van der Waals surface area contributed by atoms with Gasteiger partial charge in [-0.25, -0.2) is 4.79 Å². The summed E-state index contributed by atoms with van der Waals surface area (Å²) in [7, 11) is 0. The van der Waals surface area contributed by atoms with Crippen LogP contribution in [-0.2, 0) is 14.2 Å². The summed E-state index contributed by atoms with van der Waals surface area (Å²) in [6.07, 6.45) is 2.82. The molecule has 5 nitrogen and oxygen atoms in total. The second-order valence-corrected chi connectivity index (χ2v) is 6.29. The predicted octanol–water partition coefficient (Wildman–Crippen LogP) is 1.56. The zero-order chi connectivity index (χ0) is 12.8. The largest absolute Gasteiger partial charge is 0.446 e. The molecule has 3 aliphatic rings. The summed E-state index contributed by atoms with van der Waals surface area (Å²) >= 11 is 0. The minimum Gasteiger partial charge on any atom is -0.446 e. The van der Waals surface area contributed by atoms with Crippen LogP contribution in [-0.4, -0.2) is 54.6 Å². The van der Waals surface area contributed by atoms with E-state index in [4.69, 9.17) is 14.2 Å². The lowest BCUT2D eigenvalue weighted by atomic mass is 9.95. The van der Waals surface area contributed by atoms with E-state index >= 15 is 0 Å². The van der Waals surface area contributed by atoms with Crippen LogP contribution in [0.3, 0.4) is 0 Å². The fourth-order valence-corrected chi connectivity index (χ4v) is 2.84. The van der Waals surface area contributed by atoms with E-state index in [9.17, 15) is 4.79 Å². The van der Waals surface area contributed by atoms with E-state index in [0.29, 0.717) is 26.3 Å². The molecule has 1 spiro atoms. The molecule has 3 rings (SSSR count). The number of carbonyl (C=O) groups excluding carboxylic acids is 1. The molecule has 1 saturated carbocycles. The molecule has 0 aromatic heterocycles. The molecule has 0 radical (unpaired) electrons. The van der Waals surface area contributed by atoms with Gasteiger partial charge >= 0.3 is 6.09 Å². The van der Waals surface area contributed by atoms with Crippen molar-refractivity contribution < 1.29 is 19.0 Å². The Bertz CT molecular complexity index is 345. The average molecular weight is 255 g/mol. The molecule has 0 bridgehead atoms. The van der Waals surface area contributed by atoms with Gasteiger partial charge < -0.3 is 19.1 Å². The SMILES string of the molecule is CC1(C)CN(C(=O)OC2CC2)CC2(CCOC2)O1. The van der Waals surface area contributed by atoms with Crippen LogP contribution in [0.2, 0.25) is 0 Å². The van der Waals surface area contributed by atoms with Gasteiger partial charge in [-0.2, -0.15) is 0 Å². The summed E-state index contributed by atoms with van der Waals surface area (Å²) in [6.45, 7) is 6.49. The molecule has 2 heterocycles. The van der Waals surface area contributed by atoms with Gasteiger partial charge in [0.15, 0.2) is 0 Å². The maximum atomic E-state index is 12.1. The Morgan fingerprint density at radius 1 is 1.33 bits per heavy atom. The van der Waals surface area contributed by atoms with Crippen molar-refractivity contribution in [2.24, 2.45) is 0 Å². The first-order chi connectivity index (χ1) is 8.48. The Kier molecular flexibility index (Phi) is 2.79. The third kappa shape index (κ3) is 2.47. The highest BCUT2D eigenvalue weighted by Gasteiger charge is 2.48. The Morgan fingerprint density at radius 3 is 2.72 bits per heavy atom. The van der Waals surface area contributed by atoms with Crippen molar-refractivity contribution in [3.05, 3.63) is 0 Å². The normalized spacial score (nSPS) is 34.9. The molecule has 2 aliphatic heterocycles. The van der Waals surface area contributed by atoms with Crippen LogP contribution in [0.15, 0.2) is 0 Å². The molecular weight excluding hydrogens is 234 g/mol.